The first-order valence-electron chi connectivity index (χ1n) is 9.45. The first kappa shape index (κ1) is 25.3. The van der Waals surface area contributed by atoms with Gasteiger partial charge >= 0.3 is 0 Å². The Labute approximate surface area is 198 Å². The molecule has 1 aliphatic heterocycles. The van der Waals surface area contributed by atoms with Crippen LogP contribution in [0.2, 0.25) is 5.02 Å². The first-order chi connectivity index (χ1) is 14.9. The van der Waals surface area contributed by atoms with E-state index >= 15 is 0 Å². The molecule has 1 aliphatic carbocycles. The van der Waals surface area contributed by atoms with Crippen LogP contribution < -0.4 is 16.0 Å². The van der Waals surface area contributed by atoms with Gasteiger partial charge in [0, 0.05) is 11.4 Å². The topological polar surface area (TPSA) is 110 Å². The molecule has 33 heavy (non-hydrogen) atoms. The molecule has 4 rings (SSSR count). The number of hydrogen-bond acceptors (Lipinski definition) is 5. The molecule has 0 saturated heterocycles. The highest BCUT2D eigenvalue weighted by molar-refractivity contribution is 7.91. The van der Waals surface area contributed by atoms with Gasteiger partial charge in [0.2, 0.25) is 5.91 Å². The molecule has 2 amide bonds. The summed E-state index contributed by atoms with van der Waals surface area (Å²) >= 11 is 5.87. The summed E-state index contributed by atoms with van der Waals surface area (Å²) in [5.41, 5.74) is 5.44. The van der Waals surface area contributed by atoms with Gasteiger partial charge in [0.25, 0.3) is 11.8 Å². The van der Waals surface area contributed by atoms with Crippen LogP contribution in [-0.4, -0.2) is 44.0 Å². The van der Waals surface area contributed by atoms with Crippen LogP contribution in [0.3, 0.4) is 0 Å². The minimum atomic E-state index is -4.19. The highest BCUT2D eigenvalue weighted by Crippen LogP contribution is 2.42. The van der Waals surface area contributed by atoms with E-state index < -0.39 is 68.1 Å². The molecular formula is C20H18Cl2F3N3O4S. The number of carbonyl (C=O) groups is 2. The summed E-state index contributed by atoms with van der Waals surface area (Å²) in [6.07, 6.45) is -0.574. The lowest BCUT2D eigenvalue weighted by molar-refractivity contribution is -0.119. The van der Waals surface area contributed by atoms with Crippen molar-refractivity contribution >= 4 is 51.3 Å². The monoisotopic (exact) mass is 523 g/mol. The number of anilines is 1. The summed E-state index contributed by atoms with van der Waals surface area (Å²) in [7, 11) is -4.19. The molecule has 0 bridgehead atoms. The van der Waals surface area contributed by atoms with Gasteiger partial charge in [0.15, 0.2) is 9.84 Å². The van der Waals surface area contributed by atoms with Gasteiger partial charge in [-0.25, -0.2) is 21.6 Å². The maximum Gasteiger partial charge on any atom is 0.270 e. The predicted molar refractivity (Wildman–Crippen MR) is 117 cm³/mol. The highest BCUT2D eigenvalue weighted by Gasteiger charge is 2.58. The number of fused-ring (bicyclic) bond motifs is 1. The average Bonchev–Trinajstić information content (AvgIpc) is 3.32. The minimum Gasteiger partial charge on any atom is -0.343 e. The van der Waals surface area contributed by atoms with E-state index in [0.29, 0.717) is 16.7 Å². The molecule has 0 spiro atoms. The van der Waals surface area contributed by atoms with Crippen molar-refractivity contribution in [3.63, 3.8) is 0 Å². The summed E-state index contributed by atoms with van der Waals surface area (Å²) in [5, 5.41) is 2.45. The summed E-state index contributed by atoms with van der Waals surface area (Å²) in [5.74, 6) is -6.95. The Hall–Kier alpha value is -2.34. The molecule has 2 aromatic rings. The molecule has 1 fully saturated rings. The number of halogens is 5. The van der Waals surface area contributed by atoms with Crippen molar-refractivity contribution in [2.45, 2.75) is 35.9 Å². The molecule has 178 valence electrons. The lowest BCUT2D eigenvalue weighted by Gasteiger charge is -2.25. The number of benzene rings is 2. The number of hydrogen-bond donors (Lipinski definition) is 2. The Bertz CT molecular complexity index is 1230. The van der Waals surface area contributed by atoms with Gasteiger partial charge in [-0.2, -0.15) is 0 Å². The van der Waals surface area contributed by atoms with Crippen molar-refractivity contribution in [2.24, 2.45) is 5.73 Å². The van der Waals surface area contributed by atoms with Crippen LogP contribution in [0.25, 0.3) is 0 Å². The number of rotatable bonds is 4. The molecule has 2 aromatic carbocycles. The highest BCUT2D eigenvalue weighted by atomic mass is 35.5. The normalized spacial score (nSPS) is 22.6. The molecule has 1 heterocycles. The quantitative estimate of drug-likeness (QED) is 0.640. The Morgan fingerprint density at radius 1 is 1.24 bits per heavy atom. The van der Waals surface area contributed by atoms with E-state index in [2.05, 4.69) is 0 Å². The summed E-state index contributed by atoms with van der Waals surface area (Å²) < 4.78 is 66.5. The van der Waals surface area contributed by atoms with Crippen LogP contribution in [0.4, 0.5) is 18.9 Å². The predicted octanol–water partition coefficient (Wildman–Crippen LogP) is 2.69. The van der Waals surface area contributed by atoms with E-state index in [1.807, 2.05) is 5.32 Å². The second kappa shape index (κ2) is 8.79. The van der Waals surface area contributed by atoms with Crippen molar-refractivity contribution in [2.75, 3.05) is 10.7 Å². The van der Waals surface area contributed by atoms with Crippen molar-refractivity contribution < 1.29 is 31.2 Å². The Balaban J connectivity index is 0.00000306. The van der Waals surface area contributed by atoms with Crippen LogP contribution in [0.15, 0.2) is 41.3 Å². The zero-order valence-electron chi connectivity index (χ0n) is 16.7. The third-order valence-corrected chi connectivity index (χ3v) is 7.33. The summed E-state index contributed by atoms with van der Waals surface area (Å²) in [4.78, 5) is 25.9. The molecule has 13 heteroatoms. The van der Waals surface area contributed by atoms with Gasteiger partial charge in [-0.3, -0.25) is 9.59 Å². The molecule has 3 N–H and O–H groups in total. The third-order valence-electron chi connectivity index (χ3n) is 5.29. The standard InChI is InChI=1S/C20H17ClF3N3O4S.ClH/c21-11-3-1-10(2-4-11)8-27-15-5-12(18(28)26-17-7-20(17,23)24)13(22)6-16(15)32(30,31)9-14(25)19(27)29;/h1-6,14,17H,7-9,25H2,(H,26,28);1H/t14-,17+;/m0./s1. The van der Waals surface area contributed by atoms with E-state index in [1.165, 1.54) is 0 Å². The Kier molecular flexibility index (Phi) is 6.73. The fourth-order valence-electron chi connectivity index (χ4n) is 3.44. The molecule has 2 atom stereocenters. The lowest BCUT2D eigenvalue weighted by atomic mass is 10.1. The van der Waals surface area contributed by atoms with Crippen LogP contribution in [0, 0.1) is 5.82 Å². The fraction of sp³-hybridized carbons (Fsp3) is 0.300. The zero-order chi connectivity index (χ0) is 23.4. The Morgan fingerprint density at radius 3 is 2.42 bits per heavy atom. The lowest BCUT2D eigenvalue weighted by Crippen LogP contribution is -2.45. The first-order valence-corrected chi connectivity index (χ1v) is 11.5. The van der Waals surface area contributed by atoms with Crippen LogP contribution in [0.5, 0.6) is 0 Å². The van der Waals surface area contributed by atoms with E-state index in [4.69, 9.17) is 17.3 Å². The minimum absolute atomic E-state index is 0. The van der Waals surface area contributed by atoms with Crippen LogP contribution in [-0.2, 0) is 21.2 Å². The van der Waals surface area contributed by atoms with E-state index in [0.717, 1.165) is 11.0 Å². The SMILES string of the molecule is Cl.N[C@H]1CS(=O)(=O)c2cc(F)c(C(=O)N[C@@H]3CC3(F)F)cc2N(Cc2ccc(Cl)cc2)C1=O. The number of alkyl halides is 2. The van der Waals surface area contributed by atoms with E-state index in [9.17, 15) is 31.2 Å². The molecule has 7 nitrogen and oxygen atoms in total. The van der Waals surface area contributed by atoms with Gasteiger partial charge in [0.1, 0.15) is 5.82 Å². The molecular weight excluding hydrogens is 506 g/mol. The number of nitrogens with two attached hydrogens (primary N) is 1. The number of amides is 2. The number of nitrogens with zero attached hydrogens (tertiary/aromatic N) is 1. The maximum absolute atomic E-state index is 14.7. The molecule has 1 saturated carbocycles. The third kappa shape index (κ3) is 4.96. The average molecular weight is 524 g/mol. The molecule has 0 aromatic heterocycles. The summed E-state index contributed by atoms with van der Waals surface area (Å²) in [6, 6.07) is 4.97. The van der Waals surface area contributed by atoms with Gasteiger partial charge in [-0.1, -0.05) is 23.7 Å². The van der Waals surface area contributed by atoms with Crippen molar-refractivity contribution in [3.8, 4) is 0 Å². The van der Waals surface area contributed by atoms with Crippen LogP contribution >= 0.6 is 24.0 Å². The van der Waals surface area contributed by atoms with Gasteiger partial charge in [-0.15, -0.1) is 12.4 Å². The second-order valence-electron chi connectivity index (χ2n) is 7.73. The van der Waals surface area contributed by atoms with Crippen molar-refractivity contribution in [1.29, 1.82) is 0 Å². The largest absolute Gasteiger partial charge is 0.343 e. The Morgan fingerprint density at radius 2 is 1.85 bits per heavy atom. The molecule has 0 radical (unpaired) electrons. The van der Waals surface area contributed by atoms with Crippen molar-refractivity contribution in [1.82, 2.24) is 5.32 Å². The maximum atomic E-state index is 14.7. The van der Waals surface area contributed by atoms with Crippen LogP contribution in [0.1, 0.15) is 22.3 Å². The molecule has 2 aliphatic rings. The summed E-state index contributed by atoms with van der Waals surface area (Å²) in [6.45, 7) is -0.139. The number of sulfone groups is 1. The number of carbonyl (C=O) groups excluding carboxylic acids is 2. The fourth-order valence-corrected chi connectivity index (χ4v) is 5.13. The van der Waals surface area contributed by atoms with Gasteiger partial charge < -0.3 is 16.0 Å². The van der Waals surface area contributed by atoms with E-state index in [1.54, 1.807) is 24.3 Å². The number of nitrogens with one attached hydrogen (secondary N) is 1. The van der Waals surface area contributed by atoms with E-state index in [-0.39, 0.29) is 24.6 Å². The smallest absolute Gasteiger partial charge is 0.270 e. The second-order valence-corrected chi connectivity index (χ2v) is 10.2. The van der Waals surface area contributed by atoms with Crippen molar-refractivity contribution in [3.05, 3.63) is 58.4 Å². The van der Waals surface area contributed by atoms with Gasteiger partial charge in [-0.05, 0) is 29.8 Å². The molecule has 0 unspecified atom stereocenters. The van der Waals surface area contributed by atoms with Gasteiger partial charge in [0.05, 0.1) is 40.5 Å². The zero-order valence-corrected chi connectivity index (χ0v) is 19.1.